The zero-order chi connectivity index (χ0) is 17.2. The second kappa shape index (κ2) is 11.2. The van der Waals surface area contributed by atoms with Crippen LogP contribution in [0.5, 0.6) is 0 Å². The van der Waals surface area contributed by atoms with E-state index in [-0.39, 0.29) is 5.97 Å². The molecule has 0 aliphatic heterocycles. The fourth-order valence-corrected chi connectivity index (χ4v) is 5.22. The standard InChI is InChI=1S/C22H40O2/c1-3-4-5-7-18-10-14-20(15-11-18)21-16-12-19(13-17-21)8-6-9-22(23)24-2/h18-21H,3-17H2,1-2H3. The molecule has 2 fully saturated rings. The predicted molar refractivity (Wildman–Crippen MR) is 101 cm³/mol. The van der Waals surface area contributed by atoms with E-state index in [0.717, 1.165) is 30.1 Å². The van der Waals surface area contributed by atoms with Gasteiger partial charge in [-0.2, -0.15) is 0 Å². The molecule has 0 spiro atoms. The summed E-state index contributed by atoms with van der Waals surface area (Å²) >= 11 is 0. The number of rotatable bonds is 9. The molecule has 2 heteroatoms. The molecule has 0 bridgehead atoms. The zero-order valence-electron chi connectivity index (χ0n) is 16.2. The van der Waals surface area contributed by atoms with Gasteiger partial charge in [0.1, 0.15) is 0 Å². The molecule has 0 amide bonds. The van der Waals surface area contributed by atoms with Crippen molar-refractivity contribution in [2.75, 3.05) is 7.11 Å². The Morgan fingerprint density at radius 2 is 1.29 bits per heavy atom. The lowest BCUT2D eigenvalue weighted by molar-refractivity contribution is -0.140. The maximum atomic E-state index is 11.2. The van der Waals surface area contributed by atoms with E-state index in [4.69, 9.17) is 4.74 Å². The van der Waals surface area contributed by atoms with E-state index in [1.807, 2.05) is 0 Å². The van der Waals surface area contributed by atoms with E-state index >= 15 is 0 Å². The van der Waals surface area contributed by atoms with Gasteiger partial charge in [-0.15, -0.1) is 0 Å². The van der Waals surface area contributed by atoms with Gasteiger partial charge in [-0.3, -0.25) is 4.79 Å². The largest absolute Gasteiger partial charge is 0.469 e. The molecule has 0 aromatic heterocycles. The molecular formula is C22H40O2. The molecule has 0 aromatic rings. The lowest BCUT2D eigenvalue weighted by atomic mass is 9.68. The van der Waals surface area contributed by atoms with Gasteiger partial charge in [-0.1, -0.05) is 58.3 Å². The topological polar surface area (TPSA) is 26.3 Å². The van der Waals surface area contributed by atoms with Crippen molar-refractivity contribution in [2.24, 2.45) is 23.7 Å². The first-order valence-electron chi connectivity index (χ1n) is 10.8. The Balaban J connectivity index is 1.57. The highest BCUT2D eigenvalue weighted by molar-refractivity contribution is 5.68. The molecule has 2 saturated carbocycles. The Kier molecular flexibility index (Phi) is 9.20. The molecule has 0 heterocycles. The third-order valence-corrected chi connectivity index (χ3v) is 6.89. The quantitative estimate of drug-likeness (QED) is 0.354. The van der Waals surface area contributed by atoms with Crippen molar-refractivity contribution in [1.29, 1.82) is 0 Å². The van der Waals surface area contributed by atoms with Gasteiger partial charge >= 0.3 is 5.97 Å². The second-order valence-corrected chi connectivity index (χ2v) is 8.53. The number of esters is 1. The first-order chi connectivity index (χ1) is 11.7. The van der Waals surface area contributed by atoms with Crippen LogP contribution in [0.4, 0.5) is 0 Å². The summed E-state index contributed by atoms with van der Waals surface area (Å²) in [6.07, 6.45) is 20.3. The van der Waals surface area contributed by atoms with Gasteiger partial charge in [0.15, 0.2) is 0 Å². The minimum absolute atomic E-state index is 0.0422. The molecule has 0 aromatic carbocycles. The van der Waals surface area contributed by atoms with Crippen LogP contribution in [-0.2, 0) is 9.53 Å². The summed E-state index contributed by atoms with van der Waals surface area (Å²) in [5.74, 6) is 3.92. The number of hydrogen-bond donors (Lipinski definition) is 0. The minimum atomic E-state index is -0.0422. The predicted octanol–water partition coefficient (Wildman–Crippen LogP) is 6.52. The first kappa shape index (κ1) is 19.8. The van der Waals surface area contributed by atoms with Gasteiger partial charge in [0.2, 0.25) is 0 Å². The maximum Gasteiger partial charge on any atom is 0.305 e. The van der Waals surface area contributed by atoms with Gasteiger partial charge in [0.25, 0.3) is 0 Å². The fraction of sp³-hybridized carbons (Fsp3) is 0.955. The van der Waals surface area contributed by atoms with E-state index in [0.29, 0.717) is 6.42 Å². The van der Waals surface area contributed by atoms with Crippen LogP contribution in [0, 0.1) is 23.7 Å². The van der Waals surface area contributed by atoms with E-state index < -0.39 is 0 Å². The lowest BCUT2D eigenvalue weighted by Crippen LogP contribution is -2.26. The van der Waals surface area contributed by atoms with Gasteiger partial charge in [-0.05, 0) is 62.2 Å². The van der Waals surface area contributed by atoms with E-state index in [9.17, 15) is 4.79 Å². The molecule has 0 radical (unpaired) electrons. The van der Waals surface area contributed by atoms with Crippen molar-refractivity contribution in [1.82, 2.24) is 0 Å². The van der Waals surface area contributed by atoms with Crippen LogP contribution in [0.1, 0.15) is 103 Å². The van der Waals surface area contributed by atoms with Crippen LogP contribution >= 0.6 is 0 Å². The fourth-order valence-electron chi connectivity index (χ4n) is 5.22. The Morgan fingerprint density at radius 3 is 1.75 bits per heavy atom. The zero-order valence-corrected chi connectivity index (χ0v) is 16.2. The first-order valence-corrected chi connectivity index (χ1v) is 10.8. The molecule has 2 aliphatic carbocycles. The normalized spacial score (nSPS) is 30.9. The highest BCUT2D eigenvalue weighted by atomic mass is 16.5. The molecule has 2 rings (SSSR count). The number of ether oxygens (including phenoxy) is 1. The number of unbranched alkanes of at least 4 members (excludes halogenated alkanes) is 2. The smallest absolute Gasteiger partial charge is 0.305 e. The maximum absolute atomic E-state index is 11.2. The summed E-state index contributed by atoms with van der Waals surface area (Å²) < 4.78 is 4.74. The van der Waals surface area contributed by atoms with Crippen molar-refractivity contribution in [3.05, 3.63) is 0 Å². The summed E-state index contributed by atoms with van der Waals surface area (Å²) in [5, 5.41) is 0. The van der Waals surface area contributed by atoms with Crippen LogP contribution < -0.4 is 0 Å². The summed E-state index contributed by atoms with van der Waals surface area (Å²) in [6.45, 7) is 2.31. The van der Waals surface area contributed by atoms with E-state index in [1.54, 1.807) is 0 Å². The minimum Gasteiger partial charge on any atom is -0.469 e. The van der Waals surface area contributed by atoms with Crippen LogP contribution in [-0.4, -0.2) is 13.1 Å². The molecule has 0 atom stereocenters. The van der Waals surface area contributed by atoms with Crippen molar-refractivity contribution in [2.45, 2.75) is 103 Å². The molecule has 0 N–H and O–H groups in total. The van der Waals surface area contributed by atoms with Crippen molar-refractivity contribution in [3.8, 4) is 0 Å². The van der Waals surface area contributed by atoms with Crippen LogP contribution in [0.25, 0.3) is 0 Å². The molecule has 2 aliphatic rings. The highest BCUT2D eigenvalue weighted by Gasteiger charge is 2.30. The monoisotopic (exact) mass is 336 g/mol. The van der Waals surface area contributed by atoms with Crippen LogP contribution in [0.3, 0.4) is 0 Å². The van der Waals surface area contributed by atoms with Gasteiger partial charge in [-0.25, -0.2) is 0 Å². The van der Waals surface area contributed by atoms with Gasteiger partial charge in [0.05, 0.1) is 7.11 Å². The number of methoxy groups -OCH3 is 1. The molecular weight excluding hydrogens is 296 g/mol. The van der Waals surface area contributed by atoms with E-state index in [2.05, 4.69) is 6.92 Å². The molecule has 140 valence electrons. The molecule has 0 unspecified atom stereocenters. The second-order valence-electron chi connectivity index (χ2n) is 8.53. The Bertz CT molecular complexity index is 336. The number of hydrogen-bond acceptors (Lipinski definition) is 2. The third kappa shape index (κ3) is 6.76. The van der Waals surface area contributed by atoms with E-state index in [1.165, 1.54) is 90.6 Å². The molecule has 2 nitrogen and oxygen atoms in total. The molecule has 24 heavy (non-hydrogen) atoms. The lowest BCUT2D eigenvalue weighted by Gasteiger charge is -2.38. The number of carbonyl (C=O) groups excluding carboxylic acids is 1. The van der Waals surface area contributed by atoms with Crippen molar-refractivity contribution in [3.63, 3.8) is 0 Å². The molecule has 0 saturated heterocycles. The Labute approximate surface area is 150 Å². The van der Waals surface area contributed by atoms with Crippen molar-refractivity contribution < 1.29 is 9.53 Å². The Hall–Kier alpha value is -0.530. The summed E-state index contributed by atoms with van der Waals surface area (Å²) in [5.41, 5.74) is 0. The number of carbonyl (C=O) groups is 1. The highest BCUT2D eigenvalue weighted by Crippen LogP contribution is 2.43. The summed E-state index contributed by atoms with van der Waals surface area (Å²) in [4.78, 5) is 11.2. The van der Waals surface area contributed by atoms with Gasteiger partial charge in [0, 0.05) is 6.42 Å². The Morgan fingerprint density at radius 1 is 0.792 bits per heavy atom. The van der Waals surface area contributed by atoms with Crippen molar-refractivity contribution >= 4 is 5.97 Å². The SMILES string of the molecule is CCCCCC1CCC(C2CCC(CCCC(=O)OC)CC2)CC1. The van der Waals surface area contributed by atoms with Gasteiger partial charge < -0.3 is 4.74 Å². The third-order valence-electron chi connectivity index (χ3n) is 6.89. The van der Waals surface area contributed by atoms with Crippen LogP contribution in [0.15, 0.2) is 0 Å². The summed E-state index contributed by atoms with van der Waals surface area (Å²) in [6, 6.07) is 0. The average Bonchev–Trinajstić information content (AvgIpc) is 2.63. The average molecular weight is 337 g/mol. The van der Waals surface area contributed by atoms with Crippen LogP contribution in [0.2, 0.25) is 0 Å². The summed E-state index contributed by atoms with van der Waals surface area (Å²) in [7, 11) is 1.49.